The standard InChI is InChI=1S/C18H36/c1-3-5-6-10-14-17(13-4-2)18-15-11-8-7-9-12-16-18/h17-18H,3-16H2,1-2H3. The first-order valence-electron chi connectivity index (χ1n) is 8.88. The molecule has 0 radical (unpaired) electrons. The first kappa shape index (κ1) is 16.1. The molecule has 0 aromatic carbocycles. The summed E-state index contributed by atoms with van der Waals surface area (Å²) in [6.45, 7) is 4.69. The van der Waals surface area contributed by atoms with E-state index in [0.717, 1.165) is 11.8 Å². The second kappa shape index (κ2) is 10.9. The van der Waals surface area contributed by atoms with Gasteiger partial charge in [-0.2, -0.15) is 0 Å². The van der Waals surface area contributed by atoms with Crippen LogP contribution < -0.4 is 0 Å². The fourth-order valence-electron chi connectivity index (χ4n) is 3.78. The fourth-order valence-corrected chi connectivity index (χ4v) is 3.78. The van der Waals surface area contributed by atoms with Crippen LogP contribution in [0.1, 0.15) is 104 Å². The largest absolute Gasteiger partial charge is 0.0654 e. The van der Waals surface area contributed by atoms with Crippen LogP contribution in [0.4, 0.5) is 0 Å². The van der Waals surface area contributed by atoms with Gasteiger partial charge in [-0.25, -0.2) is 0 Å². The zero-order valence-corrected chi connectivity index (χ0v) is 13.1. The van der Waals surface area contributed by atoms with Gasteiger partial charge in [0.15, 0.2) is 0 Å². The van der Waals surface area contributed by atoms with Crippen molar-refractivity contribution in [3.05, 3.63) is 0 Å². The molecular weight excluding hydrogens is 216 g/mol. The van der Waals surface area contributed by atoms with Gasteiger partial charge in [0.05, 0.1) is 0 Å². The molecule has 18 heavy (non-hydrogen) atoms. The molecule has 0 heteroatoms. The van der Waals surface area contributed by atoms with Gasteiger partial charge < -0.3 is 0 Å². The fraction of sp³-hybridized carbons (Fsp3) is 1.00. The lowest BCUT2D eigenvalue weighted by molar-refractivity contribution is 0.232. The van der Waals surface area contributed by atoms with Crippen LogP contribution in [0, 0.1) is 11.8 Å². The van der Waals surface area contributed by atoms with Gasteiger partial charge in [-0.3, -0.25) is 0 Å². The summed E-state index contributed by atoms with van der Waals surface area (Å²) in [5.74, 6) is 2.14. The van der Waals surface area contributed by atoms with Crippen molar-refractivity contribution >= 4 is 0 Å². The molecule has 108 valence electrons. The zero-order chi connectivity index (χ0) is 13.1. The molecule has 0 nitrogen and oxygen atoms in total. The van der Waals surface area contributed by atoms with E-state index in [0.29, 0.717) is 0 Å². The van der Waals surface area contributed by atoms with E-state index in [1.54, 1.807) is 12.8 Å². The third-order valence-electron chi connectivity index (χ3n) is 4.90. The molecule has 1 saturated carbocycles. The Kier molecular flexibility index (Phi) is 9.70. The van der Waals surface area contributed by atoms with Crippen LogP contribution in [0.25, 0.3) is 0 Å². The summed E-state index contributed by atoms with van der Waals surface area (Å²) in [5.41, 5.74) is 0. The summed E-state index contributed by atoms with van der Waals surface area (Å²) in [6, 6.07) is 0. The monoisotopic (exact) mass is 252 g/mol. The minimum Gasteiger partial charge on any atom is -0.0654 e. The molecule has 0 heterocycles. The Labute approximate surface area is 116 Å². The number of unbranched alkanes of at least 4 members (excludes halogenated alkanes) is 3. The summed E-state index contributed by atoms with van der Waals surface area (Å²) in [5, 5.41) is 0. The van der Waals surface area contributed by atoms with E-state index in [9.17, 15) is 0 Å². The topological polar surface area (TPSA) is 0 Å². The molecule has 0 N–H and O–H groups in total. The lowest BCUT2D eigenvalue weighted by Gasteiger charge is -2.29. The summed E-state index contributed by atoms with van der Waals surface area (Å²) >= 11 is 0. The Morgan fingerprint density at radius 3 is 2.00 bits per heavy atom. The lowest BCUT2D eigenvalue weighted by atomic mass is 9.77. The van der Waals surface area contributed by atoms with E-state index in [1.807, 2.05) is 0 Å². The second-order valence-corrected chi connectivity index (χ2v) is 6.50. The van der Waals surface area contributed by atoms with Crippen molar-refractivity contribution in [1.29, 1.82) is 0 Å². The third-order valence-corrected chi connectivity index (χ3v) is 4.90. The molecule has 1 unspecified atom stereocenters. The van der Waals surface area contributed by atoms with Crippen molar-refractivity contribution in [2.24, 2.45) is 11.8 Å². The van der Waals surface area contributed by atoms with Crippen LogP contribution in [-0.4, -0.2) is 0 Å². The number of hydrogen-bond acceptors (Lipinski definition) is 0. The molecular formula is C18H36. The number of hydrogen-bond donors (Lipinski definition) is 0. The zero-order valence-electron chi connectivity index (χ0n) is 13.1. The molecule has 0 bridgehead atoms. The van der Waals surface area contributed by atoms with E-state index in [-0.39, 0.29) is 0 Å². The highest BCUT2D eigenvalue weighted by Crippen LogP contribution is 2.34. The Morgan fingerprint density at radius 1 is 0.722 bits per heavy atom. The maximum Gasteiger partial charge on any atom is -0.0386 e. The van der Waals surface area contributed by atoms with Crippen LogP contribution in [0.15, 0.2) is 0 Å². The van der Waals surface area contributed by atoms with E-state index < -0.39 is 0 Å². The molecule has 1 aliphatic rings. The molecule has 0 aromatic heterocycles. The second-order valence-electron chi connectivity index (χ2n) is 6.50. The van der Waals surface area contributed by atoms with Gasteiger partial charge >= 0.3 is 0 Å². The highest BCUT2D eigenvalue weighted by molar-refractivity contribution is 4.72. The van der Waals surface area contributed by atoms with Gasteiger partial charge in [0.1, 0.15) is 0 Å². The Balaban J connectivity index is 2.31. The van der Waals surface area contributed by atoms with Crippen LogP contribution in [0.2, 0.25) is 0 Å². The summed E-state index contributed by atoms with van der Waals surface area (Å²) in [7, 11) is 0. The van der Waals surface area contributed by atoms with Crippen molar-refractivity contribution in [2.75, 3.05) is 0 Å². The Bertz CT molecular complexity index is 165. The molecule has 0 amide bonds. The van der Waals surface area contributed by atoms with Crippen LogP contribution in [0.3, 0.4) is 0 Å². The predicted molar refractivity (Wildman–Crippen MR) is 83.0 cm³/mol. The van der Waals surface area contributed by atoms with Crippen molar-refractivity contribution < 1.29 is 0 Å². The maximum atomic E-state index is 2.38. The molecule has 1 fully saturated rings. The summed E-state index contributed by atoms with van der Waals surface area (Å²) in [4.78, 5) is 0. The van der Waals surface area contributed by atoms with Crippen LogP contribution in [-0.2, 0) is 0 Å². The molecule has 1 rings (SSSR count). The van der Waals surface area contributed by atoms with E-state index >= 15 is 0 Å². The minimum absolute atomic E-state index is 1.06. The molecule has 0 saturated heterocycles. The smallest absolute Gasteiger partial charge is 0.0386 e. The Hall–Kier alpha value is 0. The first-order chi connectivity index (χ1) is 8.88. The van der Waals surface area contributed by atoms with Gasteiger partial charge in [0, 0.05) is 0 Å². The van der Waals surface area contributed by atoms with Crippen molar-refractivity contribution in [3.63, 3.8) is 0 Å². The van der Waals surface area contributed by atoms with Gasteiger partial charge in [0.25, 0.3) is 0 Å². The maximum absolute atomic E-state index is 2.38. The van der Waals surface area contributed by atoms with E-state index in [4.69, 9.17) is 0 Å². The van der Waals surface area contributed by atoms with Crippen LogP contribution in [0.5, 0.6) is 0 Å². The normalized spacial score (nSPS) is 20.3. The van der Waals surface area contributed by atoms with Gasteiger partial charge in [-0.15, -0.1) is 0 Å². The first-order valence-corrected chi connectivity index (χ1v) is 8.88. The van der Waals surface area contributed by atoms with Gasteiger partial charge in [-0.1, -0.05) is 104 Å². The molecule has 1 aliphatic carbocycles. The van der Waals surface area contributed by atoms with Crippen molar-refractivity contribution in [2.45, 2.75) is 104 Å². The predicted octanol–water partition coefficient (Wildman–Crippen LogP) is 6.73. The quantitative estimate of drug-likeness (QED) is 0.420. The molecule has 0 aromatic rings. The Morgan fingerprint density at radius 2 is 1.39 bits per heavy atom. The van der Waals surface area contributed by atoms with E-state index in [2.05, 4.69) is 13.8 Å². The third kappa shape index (κ3) is 6.81. The summed E-state index contributed by atoms with van der Waals surface area (Å²) < 4.78 is 0. The van der Waals surface area contributed by atoms with Crippen molar-refractivity contribution in [3.8, 4) is 0 Å². The van der Waals surface area contributed by atoms with Crippen LogP contribution >= 0.6 is 0 Å². The number of rotatable bonds is 8. The average Bonchev–Trinajstić information content (AvgIpc) is 2.33. The SMILES string of the molecule is CCCCCCC(CCC)C1CCCCCCC1. The van der Waals surface area contributed by atoms with Gasteiger partial charge in [-0.05, 0) is 11.8 Å². The van der Waals surface area contributed by atoms with E-state index in [1.165, 1.54) is 77.0 Å². The van der Waals surface area contributed by atoms with Gasteiger partial charge in [0.2, 0.25) is 0 Å². The lowest BCUT2D eigenvalue weighted by Crippen LogP contribution is -2.16. The highest BCUT2D eigenvalue weighted by Gasteiger charge is 2.20. The molecule has 0 aliphatic heterocycles. The average molecular weight is 252 g/mol. The molecule has 0 spiro atoms. The molecule has 1 atom stereocenters. The van der Waals surface area contributed by atoms with Crippen molar-refractivity contribution in [1.82, 2.24) is 0 Å². The summed E-state index contributed by atoms with van der Waals surface area (Å²) in [6.07, 6.45) is 20.8. The highest BCUT2D eigenvalue weighted by atomic mass is 14.3. The minimum atomic E-state index is 1.06.